The van der Waals surface area contributed by atoms with Crippen LogP contribution in [0.1, 0.15) is 33.6 Å². The lowest BCUT2D eigenvalue weighted by atomic mass is 10.2. The molecule has 10 heteroatoms. The summed E-state index contributed by atoms with van der Waals surface area (Å²) in [5.74, 6) is -1.55. The summed E-state index contributed by atoms with van der Waals surface area (Å²) in [6.45, 7) is 4.18. The van der Waals surface area contributed by atoms with Gasteiger partial charge in [-0.2, -0.15) is 4.31 Å². The van der Waals surface area contributed by atoms with Crippen LogP contribution in [0, 0.1) is 0 Å². The van der Waals surface area contributed by atoms with Crippen molar-refractivity contribution in [3.05, 3.63) is 24.3 Å². The van der Waals surface area contributed by atoms with Gasteiger partial charge in [0.05, 0.1) is 4.90 Å². The van der Waals surface area contributed by atoms with E-state index in [0.29, 0.717) is 5.69 Å². The Morgan fingerprint density at radius 3 is 2.32 bits per heavy atom. The molecule has 1 atom stereocenters. The maximum atomic E-state index is 12.5. The van der Waals surface area contributed by atoms with Crippen LogP contribution in [0.15, 0.2) is 29.2 Å². The van der Waals surface area contributed by atoms with Gasteiger partial charge in [0.1, 0.15) is 6.54 Å². The number of likely N-dealkylation sites (N-methyl/N-ethyl adjacent to an activating group) is 1. The molecule has 9 nitrogen and oxygen atoms in total. The van der Waals surface area contributed by atoms with Crippen molar-refractivity contribution in [2.45, 2.75) is 44.6 Å². The predicted octanol–water partition coefficient (Wildman–Crippen LogP) is 1.11. The molecule has 156 valence electrons. The quantitative estimate of drug-likeness (QED) is 0.554. The zero-order valence-corrected chi connectivity index (χ0v) is 17.3. The number of nitrogens with zero attached hydrogens (tertiary/aromatic N) is 1. The maximum Gasteiger partial charge on any atom is 0.321 e. The maximum absolute atomic E-state index is 12.5. The number of sulfonamides is 1. The second kappa shape index (κ2) is 10.8. The molecule has 0 aromatic heterocycles. The van der Waals surface area contributed by atoms with Crippen molar-refractivity contribution in [3.63, 3.8) is 0 Å². The van der Waals surface area contributed by atoms with Gasteiger partial charge in [-0.15, -0.1) is 0 Å². The Bertz CT molecular complexity index is 792. The highest BCUT2D eigenvalue weighted by Crippen LogP contribution is 2.17. The number of rotatable bonds is 10. The largest absolute Gasteiger partial charge is 0.455 e. The fourth-order valence-corrected chi connectivity index (χ4v) is 3.49. The smallest absolute Gasteiger partial charge is 0.321 e. The molecule has 0 saturated carbocycles. The minimum atomic E-state index is -3.92. The second-order valence-electron chi connectivity index (χ2n) is 6.38. The highest BCUT2D eigenvalue weighted by Gasteiger charge is 2.24. The van der Waals surface area contributed by atoms with Crippen LogP contribution in [0.4, 0.5) is 5.69 Å². The molecule has 2 amide bonds. The molecule has 0 aliphatic heterocycles. The van der Waals surface area contributed by atoms with Crippen LogP contribution in [-0.2, 0) is 29.1 Å². The predicted molar refractivity (Wildman–Crippen MR) is 104 cm³/mol. The number of nitrogens with one attached hydrogen (secondary N) is 2. The van der Waals surface area contributed by atoms with Gasteiger partial charge in [-0.3, -0.25) is 14.4 Å². The van der Waals surface area contributed by atoms with E-state index in [1.165, 1.54) is 38.2 Å². The molecule has 2 N–H and O–H groups in total. The molecule has 0 aliphatic carbocycles. The summed E-state index contributed by atoms with van der Waals surface area (Å²) in [4.78, 5) is 34.5. The number of hydrogen-bond acceptors (Lipinski definition) is 6. The fourth-order valence-electron chi connectivity index (χ4n) is 2.37. The monoisotopic (exact) mass is 413 g/mol. The molecule has 1 aromatic carbocycles. The third kappa shape index (κ3) is 7.65. The van der Waals surface area contributed by atoms with E-state index >= 15 is 0 Å². The van der Waals surface area contributed by atoms with Gasteiger partial charge in [0.15, 0.2) is 6.61 Å². The van der Waals surface area contributed by atoms with Crippen LogP contribution < -0.4 is 10.6 Å². The lowest BCUT2D eigenvalue weighted by molar-refractivity contribution is -0.148. The molecule has 0 unspecified atom stereocenters. The molecule has 0 heterocycles. The molecule has 0 saturated heterocycles. The van der Waals surface area contributed by atoms with E-state index in [1.54, 1.807) is 0 Å². The Kier molecular flexibility index (Phi) is 9.07. The first-order chi connectivity index (χ1) is 13.1. The molecule has 0 radical (unpaired) electrons. The summed E-state index contributed by atoms with van der Waals surface area (Å²) in [5.41, 5.74) is 0.455. The third-order valence-corrected chi connectivity index (χ3v) is 5.55. The standard InChI is InChI=1S/C18H27N3O6S/c1-5-6-13(2)19-17(23)12-27-18(24)11-21(4)28(25,26)16-9-7-15(8-10-16)20-14(3)22/h7-10,13H,5-6,11-12H2,1-4H3,(H,19,23)(H,20,22)/t13-/m1/s1. The highest BCUT2D eigenvalue weighted by atomic mass is 32.2. The Balaban J connectivity index is 2.60. The lowest BCUT2D eigenvalue weighted by Gasteiger charge is -2.17. The molecule has 28 heavy (non-hydrogen) atoms. The van der Waals surface area contributed by atoms with E-state index in [9.17, 15) is 22.8 Å². The number of ether oxygens (including phenoxy) is 1. The first kappa shape index (κ1) is 23.6. The van der Waals surface area contributed by atoms with Crippen molar-refractivity contribution >= 4 is 33.5 Å². The van der Waals surface area contributed by atoms with Gasteiger partial charge in [-0.05, 0) is 37.6 Å². The number of amides is 2. The van der Waals surface area contributed by atoms with E-state index in [-0.39, 0.29) is 16.8 Å². The first-order valence-corrected chi connectivity index (χ1v) is 10.3. The normalized spacial score (nSPS) is 12.3. The van der Waals surface area contributed by atoms with E-state index in [1.807, 2.05) is 13.8 Å². The number of anilines is 1. The second-order valence-corrected chi connectivity index (χ2v) is 8.43. The Hall–Kier alpha value is -2.46. The average Bonchev–Trinajstić information content (AvgIpc) is 2.60. The molecule has 0 bridgehead atoms. The van der Waals surface area contributed by atoms with Gasteiger partial charge >= 0.3 is 5.97 Å². The van der Waals surface area contributed by atoms with E-state index in [0.717, 1.165) is 17.1 Å². The third-order valence-electron chi connectivity index (χ3n) is 3.73. The number of carbonyl (C=O) groups excluding carboxylic acids is 3. The van der Waals surface area contributed by atoms with Crippen molar-refractivity contribution in [2.24, 2.45) is 0 Å². The average molecular weight is 413 g/mol. The zero-order chi connectivity index (χ0) is 21.3. The zero-order valence-electron chi connectivity index (χ0n) is 16.5. The van der Waals surface area contributed by atoms with E-state index < -0.39 is 35.1 Å². The van der Waals surface area contributed by atoms with Crippen molar-refractivity contribution in [1.82, 2.24) is 9.62 Å². The van der Waals surface area contributed by atoms with Gasteiger partial charge in [0.2, 0.25) is 15.9 Å². The van der Waals surface area contributed by atoms with Gasteiger partial charge in [-0.1, -0.05) is 13.3 Å². The van der Waals surface area contributed by atoms with Gasteiger partial charge in [0, 0.05) is 25.7 Å². The van der Waals surface area contributed by atoms with E-state index in [4.69, 9.17) is 4.74 Å². The summed E-state index contributed by atoms with van der Waals surface area (Å²) < 4.78 is 30.7. The SMILES string of the molecule is CCC[C@@H](C)NC(=O)COC(=O)CN(C)S(=O)(=O)c1ccc(NC(C)=O)cc1. The van der Waals surface area contributed by atoms with E-state index in [2.05, 4.69) is 10.6 Å². The lowest BCUT2D eigenvalue weighted by Crippen LogP contribution is -2.38. The van der Waals surface area contributed by atoms with Crippen molar-refractivity contribution in [2.75, 3.05) is 25.5 Å². The number of esters is 1. The van der Waals surface area contributed by atoms with Crippen molar-refractivity contribution in [3.8, 4) is 0 Å². The van der Waals surface area contributed by atoms with Gasteiger partial charge in [-0.25, -0.2) is 8.42 Å². The molecule has 0 fully saturated rings. The summed E-state index contributed by atoms with van der Waals surface area (Å²) >= 11 is 0. The minimum Gasteiger partial charge on any atom is -0.455 e. The topological polar surface area (TPSA) is 122 Å². The minimum absolute atomic E-state index is 0.0280. The Morgan fingerprint density at radius 2 is 1.79 bits per heavy atom. The number of benzene rings is 1. The van der Waals surface area contributed by atoms with Crippen LogP contribution in [0.5, 0.6) is 0 Å². The molecule has 0 spiro atoms. The molecular weight excluding hydrogens is 386 g/mol. The Labute approximate surface area is 165 Å². The number of carbonyl (C=O) groups is 3. The van der Waals surface area contributed by atoms with Crippen molar-refractivity contribution < 1.29 is 27.5 Å². The van der Waals surface area contributed by atoms with Crippen LogP contribution >= 0.6 is 0 Å². The summed E-state index contributed by atoms with van der Waals surface area (Å²) in [6.07, 6.45) is 1.72. The molecule has 0 aliphatic rings. The van der Waals surface area contributed by atoms with Crippen LogP contribution in [0.2, 0.25) is 0 Å². The summed E-state index contributed by atoms with van der Waals surface area (Å²) in [7, 11) is -2.69. The molecule has 1 rings (SSSR count). The number of hydrogen-bond donors (Lipinski definition) is 2. The molecule has 1 aromatic rings. The van der Waals surface area contributed by atoms with Gasteiger partial charge < -0.3 is 15.4 Å². The summed E-state index contributed by atoms with van der Waals surface area (Å²) in [5, 5.41) is 5.22. The van der Waals surface area contributed by atoms with Crippen LogP contribution in [-0.4, -0.2) is 56.7 Å². The highest BCUT2D eigenvalue weighted by molar-refractivity contribution is 7.89. The van der Waals surface area contributed by atoms with Crippen LogP contribution in [0.25, 0.3) is 0 Å². The van der Waals surface area contributed by atoms with Gasteiger partial charge in [0.25, 0.3) is 5.91 Å². The Morgan fingerprint density at radius 1 is 1.18 bits per heavy atom. The summed E-state index contributed by atoms with van der Waals surface area (Å²) in [6, 6.07) is 5.51. The first-order valence-electron chi connectivity index (χ1n) is 8.85. The fraction of sp³-hybridized carbons (Fsp3) is 0.500. The van der Waals surface area contributed by atoms with Crippen LogP contribution in [0.3, 0.4) is 0 Å². The molecular formula is C18H27N3O6S. The van der Waals surface area contributed by atoms with Crippen molar-refractivity contribution in [1.29, 1.82) is 0 Å².